The van der Waals surface area contributed by atoms with Gasteiger partial charge in [0.1, 0.15) is 0 Å². The lowest BCUT2D eigenvalue weighted by atomic mass is 9.75. The summed E-state index contributed by atoms with van der Waals surface area (Å²) in [6.45, 7) is 4.54. The maximum atomic E-state index is 11.6. The first kappa shape index (κ1) is 25.3. The molecule has 4 N–H and O–H groups in total. The number of nitrogens with one attached hydrogen (secondary N) is 2. The highest BCUT2D eigenvalue weighted by Gasteiger charge is 2.40. The van der Waals surface area contributed by atoms with Crippen molar-refractivity contribution in [3.8, 4) is 0 Å². The number of morpholine rings is 1. The molecule has 2 fully saturated rings. The van der Waals surface area contributed by atoms with Crippen molar-refractivity contribution in [2.75, 3.05) is 43.9 Å². The Morgan fingerprint density at radius 3 is 2.50 bits per heavy atom. The quantitative estimate of drug-likeness (QED) is 0.412. The fraction of sp³-hybridized carbons (Fsp3) is 0.727. The summed E-state index contributed by atoms with van der Waals surface area (Å²) in [6, 6.07) is 3.76. The predicted octanol–water partition coefficient (Wildman–Crippen LogP) is 2.48. The number of hydrogen-bond donors (Lipinski definition) is 3. The van der Waals surface area contributed by atoms with E-state index in [2.05, 4.69) is 20.5 Å². The lowest BCUT2D eigenvalue weighted by Gasteiger charge is -2.42. The summed E-state index contributed by atoms with van der Waals surface area (Å²) in [6.07, 6.45) is 11.4. The van der Waals surface area contributed by atoms with Crippen LogP contribution >= 0.6 is 12.2 Å². The highest BCUT2D eigenvalue weighted by molar-refractivity contribution is 7.89. The van der Waals surface area contributed by atoms with Crippen molar-refractivity contribution in [3.05, 3.63) is 24.5 Å². The number of hydrogen-bond acceptors (Lipinski definition) is 6. The van der Waals surface area contributed by atoms with E-state index in [4.69, 9.17) is 22.1 Å². The van der Waals surface area contributed by atoms with E-state index in [1.165, 1.54) is 12.8 Å². The number of sulfonamides is 1. The van der Waals surface area contributed by atoms with E-state index < -0.39 is 10.0 Å². The van der Waals surface area contributed by atoms with Gasteiger partial charge in [0, 0.05) is 36.7 Å². The van der Waals surface area contributed by atoms with Gasteiger partial charge in [-0.3, -0.25) is 9.88 Å². The van der Waals surface area contributed by atoms with Gasteiger partial charge in [-0.25, -0.2) is 13.6 Å². The number of nitrogens with two attached hydrogens (primary N) is 1. The van der Waals surface area contributed by atoms with E-state index in [0.29, 0.717) is 17.5 Å². The van der Waals surface area contributed by atoms with Gasteiger partial charge in [-0.05, 0) is 75.3 Å². The SMILES string of the molecule is NS(=O)(=O)CCCC(CCCN1CCOCC1)(NC(=S)Nc1ccncc1)C1CCCC1. The van der Waals surface area contributed by atoms with Crippen LogP contribution in [0.4, 0.5) is 5.69 Å². The Morgan fingerprint density at radius 1 is 1.19 bits per heavy atom. The zero-order chi connectivity index (χ0) is 22.9. The summed E-state index contributed by atoms with van der Waals surface area (Å²) >= 11 is 5.71. The first-order valence-electron chi connectivity index (χ1n) is 11.7. The second-order valence-electron chi connectivity index (χ2n) is 8.98. The van der Waals surface area contributed by atoms with Crippen LogP contribution in [0.3, 0.4) is 0 Å². The Morgan fingerprint density at radius 2 is 1.84 bits per heavy atom. The summed E-state index contributed by atoms with van der Waals surface area (Å²) in [5.74, 6) is 0.460. The van der Waals surface area contributed by atoms with Crippen molar-refractivity contribution in [1.29, 1.82) is 0 Å². The maximum absolute atomic E-state index is 11.6. The van der Waals surface area contributed by atoms with Gasteiger partial charge in [-0.2, -0.15) is 0 Å². The summed E-state index contributed by atoms with van der Waals surface area (Å²) in [7, 11) is -3.49. The summed E-state index contributed by atoms with van der Waals surface area (Å²) < 4.78 is 28.7. The van der Waals surface area contributed by atoms with Gasteiger partial charge in [0.05, 0.1) is 19.0 Å². The van der Waals surface area contributed by atoms with E-state index in [9.17, 15) is 8.42 Å². The lowest BCUT2D eigenvalue weighted by molar-refractivity contribution is 0.0354. The third-order valence-electron chi connectivity index (χ3n) is 6.69. The maximum Gasteiger partial charge on any atom is 0.209 e. The third-order valence-corrected chi connectivity index (χ3v) is 7.75. The number of primary sulfonamides is 1. The van der Waals surface area contributed by atoms with Gasteiger partial charge < -0.3 is 15.4 Å². The van der Waals surface area contributed by atoms with E-state index >= 15 is 0 Å². The molecule has 1 aliphatic heterocycles. The summed E-state index contributed by atoms with van der Waals surface area (Å²) in [4.78, 5) is 6.50. The predicted molar refractivity (Wildman–Crippen MR) is 132 cm³/mol. The number of pyridine rings is 1. The second-order valence-corrected chi connectivity index (χ2v) is 11.1. The largest absolute Gasteiger partial charge is 0.379 e. The van der Waals surface area contributed by atoms with Crippen molar-refractivity contribution < 1.29 is 13.2 Å². The van der Waals surface area contributed by atoms with Crippen LogP contribution in [0.15, 0.2) is 24.5 Å². The van der Waals surface area contributed by atoms with Crippen LogP contribution in [0.5, 0.6) is 0 Å². The lowest BCUT2D eigenvalue weighted by Crippen LogP contribution is -2.55. The Kier molecular flexibility index (Phi) is 9.66. The van der Waals surface area contributed by atoms with Gasteiger partial charge in [-0.1, -0.05) is 12.8 Å². The third kappa shape index (κ3) is 8.22. The van der Waals surface area contributed by atoms with Crippen LogP contribution in [-0.2, 0) is 14.8 Å². The molecule has 0 aromatic carbocycles. The van der Waals surface area contributed by atoms with Gasteiger partial charge in [-0.15, -0.1) is 0 Å². The van der Waals surface area contributed by atoms with Crippen molar-refractivity contribution in [2.45, 2.75) is 56.9 Å². The molecule has 2 aliphatic rings. The van der Waals surface area contributed by atoms with Crippen LogP contribution in [0.2, 0.25) is 0 Å². The van der Waals surface area contributed by atoms with Crippen molar-refractivity contribution in [2.24, 2.45) is 11.1 Å². The molecule has 1 aliphatic carbocycles. The van der Waals surface area contributed by atoms with Crippen LogP contribution in [0, 0.1) is 5.92 Å². The minimum Gasteiger partial charge on any atom is -0.379 e. The average molecular weight is 484 g/mol. The van der Waals surface area contributed by atoms with E-state index in [1.54, 1.807) is 12.4 Å². The van der Waals surface area contributed by atoms with Gasteiger partial charge in [0.25, 0.3) is 0 Å². The van der Waals surface area contributed by atoms with Crippen molar-refractivity contribution >= 4 is 33.0 Å². The molecule has 0 spiro atoms. The molecule has 0 bridgehead atoms. The molecule has 32 heavy (non-hydrogen) atoms. The first-order valence-corrected chi connectivity index (χ1v) is 13.8. The van der Waals surface area contributed by atoms with E-state index in [-0.39, 0.29) is 11.3 Å². The van der Waals surface area contributed by atoms with Gasteiger partial charge >= 0.3 is 0 Å². The molecule has 0 amide bonds. The number of rotatable bonds is 11. The zero-order valence-corrected chi connectivity index (χ0v) is 20.4. The van der Waals surface area contributed by atoms with Gasteiger partial charge in [0.2, 0.25) is 10.0 Å². The normalized spacial score (nSPS) is 20.0. The van der Waals surface area contributed by atoms with Gasteiger partial charge in [0.15, 0.2) is 5.11 Å². The van der Waals surface area contributed by atoms with E-state index in [1.807, 2.05) is 12.1 Å². The molecule has 8 nitrogen and oxygen atoms in total. The van der Waals surface area contributed by atoms with Crippen LogP contribution in [0.25, 0.3) is 0 Å². The van der Waals surface area contributed by atoms with Crippen molar-refractivity contribution in [1.82, 2.24) is 15.2 Å². The molecular formula is C22H37N5O3S2. The minimum absolute atomic E-state index is 0.00282. The number of thiocarbonyl (C=S) groups is 1. The highest BCUT2D eigenvalue weighted by atomic mass is 32.2. The Balaban J connectivity index is 1.71. The Hall–Kier alpha value is -1.33. The van der Waals surface area contributed by atoms with Crippen LogP contribution in [-0.4, -0.2) is 67.6 Å². The molecule has 10 heteroatoms. The molecule has 0 radical (unpaired) electrons. The molecular weight excluding hydrogens is 446 g/mol. The second kappa shape index (κ2) is 12.2. The number of aromatic nitrogens is 1. The number of anilines is 1. The molecule has 1 unspecified atom stereocenters. The van der Waals surface area contributed by atoms with E-state index in [0.717, 1.165) is 70.6 Å². The fourth-order valence-electron chi connectivity index (χ4n) is 5.09. The molecule has 1 saturated carbocycles. The smallest absolute Gasteiger partial charge is 0.209 e. The van der Waals surface area contributed by atoms with Crippen LogP contribution < -0.4 is 15.8 Å². The molecule has 1 aromatic heterocycles. The average Bonchev–Trinajstić information content (AvgIpc) is 3.30. The van der Waals surface area contributed by atoms with Crippen molar-refractivity contribution in [3.63, 3.8) is 0 Å². The Labute approximate surface area is 197 Å². The topological polar surface area (TPSA) is 110 Å². The molecule has 1 atom stereocenters. The minimum atomic E-state index is -3.49. The highest BCUT2D eigenvalue weighted by Crippen LogP contribution is 2.40. The zero-order valence-electron chi connectivity index (χ0n) is 18.8. The monoisotopic (exact) mass is 483 g/mol. The molecule has 2 heterocycles. The number of nitrogens with zero attached hydrogens (tertiary/aromatic N) is 2. The Bertz CT molecular complexity index is 812. The fourth-order valence-corrected chi connectivity index (χ4v) is 5.96. The molecule has 1 saturated heterocycles. The summed E-state index contributed by atoms with van der Waals surface area (Å²) in [5, 5.41) is 12.8. The number of ether oxygens (including phenoxy) is 1. The molecule has 1 aromatic rings. The first-order chi connectivity index (χ1) is 15.4. The van der Waals surface area contributed by atoms with Crippen LogP contribution in [0.1, 0.15) is 51.4 Å². The standard InChI is InChI=1S/C22H37N5O3S2/c23-32(28,29)18-4-10-22(19-5-1-2-6-19,9-3-13-27-14-16-30-17-15-27)26-21(31)25-20-7-11-24-12-8-20/h7-8,11-12,19H,1-6,9-10,13-18H2,(H2,23,28,29)(H2,24,25,26,31). The molecule has 180 valence electrons. The molecule has 3 rings (SSSR count). The summed E-state index contributed by atoms with van der Waals surface area (Å²) in [5.41, 5.74) is 0.639.